The highest BCUT2D eigenvalue weighted by atomic mass is 28.4. The highest BCUT2D eigenvalue weighted by Crippen LogP contribution is 2.44. The summed E-state index contributed by atoms with van der Waals surface area (Å²) in [6, 6.07) is 31.0. The van der Waals surface area contributed by atoms with Crippen molar-refractivity contribution >= 4 is 8.32 Å². The zero-order chi connectivity index (χ0) is 26.5. The van der Waals surface area contributed by atoms with Gasteiger partial charge >= 0.3 is 0 Å². The summed E-state index contributed by atoms with van der Waals surface area (Å²) in [4.78, 5) is 2.36. The van der Waals surface area contributed by atoms with Crippen LogP contribution in [0, 0.1) is 0 Å². The van der Waals surface area contributed by atoms with Crippen molar-refractivity contribution in [2.45, 2.75) is 76.2 Å². The molecule has 3 aromatic rings. The number of benzene rings is 3. The Kier molecular flexibility index (Phi) is 8.72. The molecule has 3 unspecified atom stereocenters. The third kappa shape index (κ3) is 6.78. The summed E-state index contributed by atoms with van der Waals surface area (Å²) >= 11 is 0. The van der Waals surface area contributed by atoms with E-state index in [2.05, 4.69) is 99.4 Å². The van der Waals surface area contributed by atoms with E-state index in [0.717, 1.165) is 24.2 Å². The minimum atomic E-state index is -2.04. The van der Waals surface area contributed by atoms with Gasteiger partial charge in [0.1, 0.15) is 0 Å². The van der Waals surface area contributed by atoms with Gasteiger partial charge in [-0.3, -0.25) is 4.90 Å². The fourth-order valence-electron chi connectivity index (χ4n) is 4.97. The Morgan fingerprint density at radius 3 is 2.11 bits per heavy atom. The number of rotatable bonds is 9. The SMILES string of the molecule is CC(C)(C)[Si](C)(C)OC(CCC1(O)OCCN(Cc2ccccc2)C1c1ccccc1)c1ccccc1. The Morgan fingerprint density at radius 2 is 1.51 bits per heavy atom. The van der Waals surface area contributed by atoms with Crippen molar-refractivity contribution in [1.82, 2.24) is 4.90 Å². The molecule has 0 aliphatic carbocycles. The molecular weight excluding hydrogens is 474 g/mol. The van der Waals surface area contributed by atoms with Gasteiger partial charge in [-0.15, -0.1) is 0 Å². The molecule has 198 valence electrons. The second-order valence-corrected chi connectivity index (χ2v) is 16.5. The lowest BCUT2D eigenvalue weighted by Gasteiger charge is -2.48. The van der Waals surface area contributed by atoms with Crippen LogP contribution in [0.3, 0.4) is 0 Å². The van der Waals surface area contributed by atoms with Crippen LogP contribution >= 0.6 is 0 Å². The number of ether oxygens (including phenoxy) is 1. The van der Waals surface area contributed by atoms with Crippen LogP contribution in [0.2, 0.25) is 18.1 Å². The highest BCUT2D eigenvalue weighted by Gasteiger charge is 2.46. The molecule has 1 N–H and O–H groups in total. The van der Waals surface area contributed by atoms with Gasteiger partial charge in [-0.05, 0) is 41.2 Å². The van der Waals surface area contributed by atoms with E-state index in [1.54, 1.807) is 0 Å². The van der Waals surface area contributed by atoms with Crippen LogP contribution in [0.1, 0.15) is 62.4 Å². The Hall–Kier alpha value is -2.28. The van der Waals surface area contributed by atoms with E-state index < -0.39 is 14.1 Å². The van der Waals surface area contributed by atoms with E-state index in [1.165, 1.54) is 5.56 Å². The summed E-state index contributed by atoms with van der Waals surface area (Å²) in [6.07, 6.45) is 1.05. The molecule has 1 fully saturated rings. The number of hydrogen-bond acceptors (Lipinski definition) is 4. The maximum Gasteiger partial charge on any atom is 0.192 e. The molecule has 1 aliphatic heterocycles. The Morgan fingerprint density at radius 1 is 0.946 bits per heavy atom. The van der Waals surface area contributed by atoms with Crippen molar-refractivity contribution in [1.29, 1.82) is 0 Å². The third-order valence-electron chi connectivity index (χ3n) is 8.05. The number of nitrogens with zero attached hydrogens (tertiary/aromatic N) is 1. The zero-order valence-electron chi connectivity index (χ0n) is 23.1. The first-order valence-corrected chi connectivity index (χ1v) is 16.4. The fraction of sp³-hybridized carbons (Fsp3) is 0.438. The van der Waals surface area contributed by atoms with Crippen LogP contribution in [0.5, 0.6) is 0 Å². The topological polar surface area (TPSA) is 41.9 Å². The van der Waals surface area contributed by atoms with Crippen LogP contribution in [-0.2, 0) is 15.7 Å². The molecule has 1 aliphatic rings. The van der Waals surface area contributed by atoms with Crippen LogP contribution in [-0.4, -0.2) is 37.3 Å². The van der Waals surface area contributed by atoms with Crippen molar-refractivity contribution in [2.24, 2.45) is 0 Å². The Balaban J connectivity index is 1.62. The van der Waals surface area contributed by atoms with Crippen LogP contribution in [0.4, 0.5) is 0 Å². The first kappa shape index (κ1) is 27.7. The lowest BCUT2D eigenvalue weighted by molar-refractivity contribution is -0.278. The minimum absolute atomic E-state index is 0.0946. The number of hydrogen-bond donors (Lipinski definition) is 1. The van der Waals surface area contributed by atoms with Crippen LogP contribution < -0.4 is 0 Å². The van der Waals surface area contributed by atoms with E-state index >= 15 is 0 Å². The summed E-state index contributed by atoms with van der Waals surface area (Å²) in [7, 11) is -2.04. The van der Waals surface area contributed by atoms with E-state index in [4.69, 9.17) is 9.16 Å². The van der Waals surface area contributed by atoms with Gasteiger partial charge in [0.25, 0.3) is 0 Å². The summed E-state index contributed by atoms with van der Waals surface area (Å²) in [5.41, 5.74) is 3.46. The standard InChI is InChI=1S/C32H43NO3Si/c1-31(2,3)37(4,5)36-29(27-17-11-7-12-18-27)21-22-32(34)30(28-19-13-8-14-20-28)33(23-24-35-32)25-26-15-9-6-10-16-26/h6-20,29-30,34H,21-25H2,1-5H3. The number of aliphatic hydroxyl groups is 1. The lowest BCUT2D eigenvalue weighted by atomic mass is 9.89. The van der Waals surface area contributed by atoms with Crippen LogP contribution in [0.25, 0.3) is 0 Å². The maximum atomic E-state index is 12.2. The predicted octanol–water partition coefficient (Wildman–Crippen LogP) is 7.49. The quantitative estimate of drug-likeness (QED) is 0.299. The molecule has 4 nitrogen and oxygen atoms in total. The summed E-state index contributed by atoms with van der Waals surface area (Å²) in [5.74, 6) is -1.32. The molecule has 1 saturated heterocycles. The molecule has 0 bridgehead atoms. The third-order valence-corrected chi connectivity index (χ3v) is 12.5. The molecule has 0 saturated carbocycles. The van der Waals surface area contributed by atoms with Gasteiger partial charge < -0.3 is 14.3 Å². The highest BCUT2D eigenvalue weighted by molar-refractivity contribution is 6.74. The van der Waals surface area contributed by atoms with Gasteiger partial charge in [0.05, 0.1) is 18.8 Å². The monoisotopic (exact) mass is 517 g/mol. The average Bonchev–Trinajstić information content (AvgIpc) is 2.88. The fourth-order valence-corrected chi connectivity index (χ4v) is 6.29. The molecule has 0 aromatic heterocycles. The van der Waals surface area contributed by atoms with Gasteiger partial charge in [-0.25, -0.2) is 0 Å². The van der Waals surface area contributed by atoms with Crippen molar-refractivity contribution in [3.05, 3.63) is 108 Å². The molecule has 5 heteroatoms. The Labute approximate surface area is 224 Å². The normalized spacial score (nSPS) is 22.1. The van der Waals surface area contributed by atoms with Gasteiger partial charge in [-0.2, -0.15) is 0 Å². The largest absolute Gasteiger partial charge is 0.410 e. The second-order valence-electron chi connectivity index (χ2n) is 11.8. The van der Waals surface area contributed by atoms with E-state index in [-0.39, 0.29) is 17.2 Å². The van der Waals surface area contributed by atoms with Gasteiger partial charge in [0.2, 0.25) is 0 Å². The maximum absolute atomic E-state index is 12.2. The first-order chi connectivity index (χ1) is 17.6. The first-order valence-electron chi connectivity index (χ1n) is 13.5. The van der Waals surface area contributed by atoms with Crippen molar-refractivity contribution < 1.29 is 14.3 Å². The van der Waals surface area contributed by atoms with E-state index in [1.807, 2.05) is 30.3 Å². The summed E-state index contributed by atoms with van der Waals surface area (Å²) in [5, 5.41) is 12.3. The molecule has 37 heavy (non-hydrogen) atoms. The van der Waals surface area contributed by atoms with E-state index in [0.29, 0.717) is 19.4 Å². The predicted molar refractivity (Wildman–Crippen MR) is 154 cm³/mol. The van der Waals surface area contributed by atoms with Gasteiger partial charge in [-0.1, -0.05) is 112 Å². The molecule has 3 aromatic carbocycles. The van der Waals surface area contributed by atoms with E-state index in [9.17, 15) is 5.11 Å². The molecule has 3 atom stereocenters. The molecule has 0 spiro atoms. The lowest BCUT2D eigenvalue weighted by Crippen LogP contribution is -2.54. The molecule has 1 heterocycles. The molecular formula is C32H43NO3Si. The smallest absolute Gasteiger partial charge is 0.192 e. The second kappa shape index (κ2) is 11.6. The van der Waals surface area contributed by atoms with Crippen molar-refractivity contribution in [2.75, 3.05) is 13.2 Å². The Bertz CT molecular complexity index is 1100. The summed E-state index contributed by atoms with van der Waals surface area (Å²) in [6.45, 7) is 13.4. The van der Waals surface area contributed by atoms with Crippen molar-refractivity contribution in [3.8, 4) is 0 Å². The number of morpholine rings is 1. The van der Waals surface area contributed by atoms with Crippen molar-refractivity contribution in [3.63, 3.8) is 0 Å². The molecule has 0 radical (unpaired) electrons. The average molecular weight is 518 g/mol. The zero-order valence-corrected chi connectivity index (χ0v) is 24.1. The molecule has 0 amide bonds. The van der Waals surface area contributed by atoms with Gasteiger partial charge in [0, 0.05) is 19.5 Å². The molecule has 4 rings (SSSR count). The van der Waals surface area contributed by atoms with Crippen LogP contribution in [0.15, 0.2) is 91.0 Å². The van der Waals surface area contributed by atoms with Gasteiger partial charge in [0.15, 0.2) is 14.1 Å². The minimum Gasteiger partial charge on any atom is -0.410 e. The summed E-state index contributed by atoms with van der Waals surface area (Å²) < 4.78 is 13.2.